The Bertz CT molecular complexity index is 938. The van der Waals surface area contributed by atoms with Crippen molar-refractivity contribution in [1.82, 2.24) is 4.90 Å². The van der Waals surface area contributed by atoms with Crippen LogP contribution in [0.25, 0.3) is 0 Å². The number of fused-ring (bicyclic) bond motifs is 3. The second kappa shape index (κ2) is 7.88. The largest absolute Gasteiger partial charge is 0.394 e. The Morgan fingerprint density at radius 1 is 0.967 bits per heavy atom. The Kier molecular flexibility index (Phi) is 5.07. The maximum atomic E-state index is 13.3. The lowest BCUT2D eigenvalue weighted by atomic mass is 9.71. The molecule has 30 heavy (non-hydrogen) atoms. The van der Waals surface area contributed by atoms with Crippen molar-refractivity contribution in [3.05, 3.63) is 65.7 Å². The molecule has 1 aliphatic carbocycles. The van der Waals surface area contributed by atoms with E-state index in [2.05, 4.69) is 6.07 Å². The number of benzene rings is 2. The number of carbonyl (C=O) groups excluding carboxylic acids is 2. The van der Waals surface area contributed by atoms with E-state index >= 15 is 0 Å². The maximum Gasteiger partial charge on any atom is 0.231 e. The minimum Gasteiger partial charge on any atom is -0.394 e. The van der Waals surface area contributed by atoms with Gasteiger partial charge < -0.3 is 14.9 Å². The first-order chi connectivity index (χ1) is 14.7. The minimum atomic E-state index is -0.185. The summed E-state index contributed by atoms with van der Waals surface area (Å²) in [5.41, 5.74) is 2.98. The summed E-state index contributed by atoms with van der Waals surface area (Å²) in [6.45, 7) is 0.466. The predicted molar refractivity (Wildman–Crippen MR) is 115 cm³/mol. The highest BCUT2D eigenvalue weighted by Gasteiger charge is 2.56. The third-order valence-electron chi connectivity index (χ3n) is 7.15. The molecule has 2 aromatic carbocycles. The fraction of sp³-hybridized carbons (Fsp3) is 0.440. The lowest BCUT2D eigenvalue weighted by Gasteiger charge is -2.59. The van der Waals surface area contributed by atoms with Crippen LogP contribution in [-0.4, -0.2) is 47.1 Å². The zero-order valence-electron chi connectivity index (χ0n) is 17.1. The maximum absolute atomic E-state index is 13.3. The van der Waals surface area contributed by atoms with Gasteiger partial charge in [0.1, 0.15) is 0 Å². The van der Waals surface area contributed by atoms with Crippen LogP contribution in [0.5, 0.6) is 0 Å². The molecule has 0 spiro atoms. The Morgan fingerprint density at radius 2 is 1.67 bits per heavy atom. The van der Waals surface area contributed by atoms with Gasteiger partial charge in [0.2, 0.25) is 11.8 Å². The molecular formula is C25H28N2O3. The highest BCUT2D eigenvalue weighted by Crippen LogP contribution is 2.49. The highest BCUT2D eigenvalue weighted by atomic mass is 16.3. The van der Waals surface area contributed by atoms with Crippen LogP contribution in [0, 0.1) is 5.92 Å². The SMILES string of the molecule is O=C(Cc1ccccc1)N1C[C@@H]2[C@H](c3ccccc31)[C@@H](CO)N2C(=O)C1CCCC1. The first kappa shape index (κ1) is 19.3. The summed E-state index contributed by atoms with van der Waals surface area (Å²) < 4.78 is 0. The zero-order chi connectivity index (χ0) is 20.7. The van der Waals surface area contributed by atoms with Gasteiger partial charge in [0.15, 0.2) is 0 Å². The number of anilines is 1. The van der Waals surface area contributed by atoms with Gasteiger partial charge in [-0.1, -0.05) is 61.4 Å². The minimum absolute atomic E-state index is 0.0358. The molecule has 5 rings (SSSR count). The summed E-state index contributed by atoms with van der Waals surface area (Å²) in [7, 11) is 0. The smallest absolute Gasteiger partial charge is 0.231 e. The molecule has 2 aliphatic heterocycles. The molecule has 0 unspecified atom stereocenters. The first-order valence-electron chi connectivity index (χ1n) is 11.1. The van der Waals surface area contributed by atoms with Crippen LogP contribution in [0.2, 0.25) is 0 Å². The van der Waals surface area contributed by atoms with Crippen molar-refractivity contribution in [3.63, 3.8) is 0 Å². The van der Waals surface area contributed by atoms with Gasteiger partial charge in [0, 0.05) is 24.1 Å². The van der Waals surface area contributed by atoms with Gasteiger partial charge in [-0.25, -0.2) is 0 Å². The van der Waals surface area contributed by atoms with Gasteiger partial charge in [-0.05, 0) is 30.0 Å². The van der Waals surface area contributed by atoms with Gasteiger partial charge >= 0.3 is 0 Å². The molecule has 1 N–H and O–H groups in total. The molecule has 2 fully saturated rings. The monoisotopic (exact) mass is 404 g/mol. The number of carbonyl (C=O) groups is 2. The molecule has 2 aromatic rings. The third kappa shape index (κ3) is 3.12. The number of nitrogens with zero attached hydrogens (tertiary/aromatic N) is 2. The Morgan fingerprint density at radius 3 is 2.40 bits per heavy atom. The van der Waals surface area contributed by atoms with E-state index < -0.39 is 0 Å². The summed E-state index contributed by atoms with van der Waals surface area (Å²) in [6.07, 6.45) is 4.43. The predicted octanol–water partition coefficient (Wildman–Crippen LogP) is 3.12. The van der Waals surface area contributed by atoms with Crippen molar-refractivity contribution in [2.75, 3.05) is 18.1 Å². The van der Waals surface area contributed by atoms with Crippen molar-refractivity contribution in [2.24, 2.45) is 5.92 Å². The molecule has 156 valence electrons. The van der Waals surface area contributed by atoms with Crippen LogP contribution in [0.1, 0.15) is 42.7 Å². The molecule has 3 aliphatic rings. The van der Waals surface area contributed by atoms with Gasteiger partial charge in [0.05, 0.1) is 25.1 Å². The molecule has 0 bridgehead atoms. The van der Waals surface area contributed by atoms with Crippen molar-refractivity contribution >= 4 is 17.5 Å². The van der Waals surface area contributed by atoms with Gasteiger partial charge in [0.25, 0.3) is 0 Å². The van der Waals surface area contributed by atoms with Gasteiger partial charge in [-0.2, -0.15) is 0 Å². The molecule has 2 heterocycles. The van der Waals surface area contributed by atoms with Gasteiger partial charge in [-0.15, -0.1) is 0 Å². The molecule has 3 atom stereocenters. The normalized spacial score (nSPS) is 25.4. The second-order valence-corrected chi connectivity index (χ2v) is 8.80. The summed E-state index contributed by atoms with van der Waals surface area (Å²) in [6, 6.07) is 17.5. The number of para-hydroxylation sites is 1. The third-order valence-corrected chi connectivity index (χ3v) is 7.15. The molecule has 1 saturated carbocycles. The molecule has 5 heteroatoms. The van der Waals surface area contributed by atoms with E-state index in [0.29, 0.717) is 13.0 Å². The Hall–Kier alpha value is -2.66. The first-order valence-corrected chi connectivity index (χ1v) is 11.1. The molecule has 2 amide bonds. The number of aliphatic hydroxyl groups excluding tert-OH is 1. The second-order valence-electron chi connectivity index (χ2n) is 8.80. The summed E-state index contributed by atoms with van der Waals surface area (Å²) in [5, 5.41) is 10.1. The number of aliphatic hydroxyl groups is 1. The molecule has 5 nitrogen and oxygen atoms in total. The number of likely N-dealkylation sites (tertiary alicyclic amines) is 1. The quantitative estimate of drug-likeness (QED) is 0.852. The lowest BCUT2D eigenvalue weighted by Crippen LogP contribution is -2.71. The number of rotatable bonds is 4. The summed E-state index contributed by atoms with van der Waals surface area (Å²) >= 11 is 0. The van der Waals surface area contributed by atoms with Crippen LogP contribution < -0.4 is 4.90 Å². The molecule has 1 saturated heterocycles. The summed E-state index contributed by atoms with van der Waals surface area (Å²) in [5.74, 6) is 0.387. The van der Waals surface area contributed by atoms with E-state index in [1.807, 2.05) is 58.3 Å². The Labute approximate surface area is 177 Å². The number of hydrogen-bond acceptors (Lipinski definition) is 3. The highest BCUT2D eigenvalue weighted by molar-refractivity contribution is 5.97. The number of amides is 2. The van der Waals surface area contributed by atoms with Crippen molar-refractivity contribution in [1.29, 1.82) is 0 Å². The lowest BCUT2D eigenvalue weighted by molar-refractivity contribution is -0.155. The van der Waals surface area contributed by atoms with Crippen molar-refractivity contribution < 1.29 is 14.7 Å². The topological polar surface area (TPSA) is 60.9 Å². The summed E-state index contributed by atoms with van der Waals surface area (Å²) in [4.78, 5) is 30.3. The van der Waals surface area contributed by atoms with Crippen LogP contribution >= 0.6 is 0 Å². The molecule has 0 aromatic heterocycles. The molecular weight excluding hydrogens is 376 g/mol. The van der Waals surface area contributed by atoms with Crippen LogP contribution in [0.3, 0.4) is 0 Å². The van der Waals surface area contributed by atoms with E-state index in [-0.39, 0.29) is 42.3 Å². The standard InChI is InChI=1S/C25H28N2O3/c28-16-22-24-19-12-6-7-13-20(19)26(23(29)14-17-8-2-1-3-9-17)15-21(24)27(22)25(30)18-10-4-5-11-18/h1-3,6-9,12-13,18,21-22,24,28H,4-5,10-11,14-16H2/t21-,22-,24+/m1/s1. The van der Waals surface area contributed by atoms with E-state index in [0.717, 1.165) is 42.5 Å². The molecule has 0 radical (unpaired) electrons. The fourth-order valence-corrected chi connectivity index (χ4v) is 5.68. The van der Waals surface area contributed by atoms with Crippen molar-refractivity contribution in [2.45, 2.75) is 50.1 Å². The average molecular weight is 405 g/mol. The van der Waals surface area contributed by atoms with Crippen LogP contribution in [-0.2, 0) is 16.0 Å². The van der Waals surface area contributed by atoms with Crippen LogP contribution in [0.4, 0.5) is 5.69 Å². The van der Waals surface area contributed by atoms with E-state index in [9.17, 15) is 14.7 Å². The average Bonchev–Trinajstić information content (AvgIpc) is 3.30. The van der Waals surface area contributed by atoms with E-state index in [4.69, 9.17) is 0 Å². The zero-order valence-corrected chi connectivity index (χ0v) is 17.1. The van der Waals surface area contributed by atoms with Crippen molar-refractivity contribution in [3.8, 4) is 0 Å². The van der Waals surface area contributed by atoms with E-state index in [1.165, 1.54) is 0 Å². The Balaban J connectivity index is 1.45. The van der Waals surface area contributed by atoms with E-state index in [1.54, 1.807) is 0 Å². The van der Waals surface area contributed by atoms with Gasteiger partial charge in [-0.3, -0.25) is 9.59 Å². The number of hydrogen-bond donors (Lipinski definition) is 1. The van der Waals surface area contributed by atoms with Crippen LogP contribution in [0.15, 0.2) is 54.6 Å². The fourth-order valence-electron chi connectivity index (χ4n) is 5.68.